The highest BCUT2D eigenvalue weighted by atomic mass is 32.2. The third-order valence-electron chi connectivity index (χ3n) is 5.82. The molecule has 1 aliphatic heterocycles. The number of nitrogens with one attached hydrogen (secondary N) is 3. The van der Waals surface area contributed by atoms with Gasteiger partial charge < -0.3 is 10.6 Å². The number of unbranched alkanes of at least 4 members (excludes halogenated alkanes) is 1. The number of rotatable bonds is 10. The van der Waals surface area contributed by atoms with Gasteiger partial charge in [-0.1, -0.05) is 24.6 Å². The lowest BCUT2D eigenvalue weighted by Gasteiger charge is -2.32. The molecule has 0 spiro atoms. The Labute approximate surface area is 194 Å². The van der Waals surface area contributed by atoms with Gasteiger partial charge in [0.25, 0.3) is 10.2 Å². The van der Waals surface area contributed by atoms with E-state index in [0.717, 1.165) is 31.2 Å². The number of amides is 2. The quantitative estimate of drug-likeness (QED) is 0.378. The van der Waals surface area contributed by atoms with Crippen LogP contribution in [-0.4, -0.2) is 62.3 Å². The second kappa shape index (κ2) is 11.5. The number of anilines is 1. The fourth-order valence-corrected chi connectivity index (χ4v) is 4.48. The molecule has 2 atom stereocenters. The van der Waals surface area contributed by atoms with Crippen molar-refractivity contribution in [3.8, 4) is 0 Å². The summed E-state index contributed by atoms with van der Waals surface area (Å²) in [5.41, 5.74) is 1.24. The molecular weight excluding hydrogens is 444 g/mol. The first-order valence-corrected chi connectivity index (χ1v) is 12.7. The first-order chi connectivity index (χ1) is 15.7. The van der Waals surface area contributed by atoms with Crippen molar-refractivity contribution in [3.05, 3.63) is 36.5 Å². The van der Waals surface area contributed by atoms with Crippen LogP contribution in [0.2, 0.25) is 0 Å². The summed E-state index contributed by atoms with van der Waals surface area (Å²) in [6, 6.07) is 8.23. The number of hydrogen-bond donors (Lipinski definition) is 4. The number of carbonyl (C=O) groups excluding carboxylic acids is 2. The van der Waals surface area contributed by atoms with E-state index in [4.69, 9.17) is 5.14 Å². The van der Waals surface area contributed by atoms with Crippen LogP contribution in [-0.2, 0) is 19.8 Å². The summed E-state index contributed by atoms with van der Waals surface area (Å²) in [6.07, 6.45) is 5.80. The zero-order valence-electron chi connectivity index (χ0n) is 18.8. The van der Waals surface area contributed by atoms with Crippen molar-refractivity contribution in [2.75, 3.05) is 25.5 Å². The molecular formula is C22H32N6O4S. The molecule has 3 rings (SSSR count). The van der Waals surface area contributed by atoms with Crippen molar-refractivity contribution in [2.45, 2.75) is 50.6 Å². The normalized spacial score (nSPS) is 18.1. The molecule has 2 amide bonds. The zero-order chi connectivity index (χ0) is 23.8. The first kappa shape index (κ1) is 25.0. The van der Waals surface area contributed by atoms with Crippen LogP contribution in [0.25, 0.3) is 10.9 Å². The first-order valence-electron chi connectivity index (χ1n) is 11.2. The van der Waals surface area contributed by atoms with E-state index in [1.165, 1.54) is 0 Å². The zero-order valence-corrected chi connectivity index (χ0v) is 19.6. The molecule has 180 valence electrons. The predicted octanol–water partition coefficient (Wildman–Crippen LogP) is 1.11. The van der Waals surface area contributed by atoms with Crippen LogP contribution >= 0.6 is 0 Å². The minimum Gasteiger partial charge on any atom is -0.343 e. The van der Waals surface area contributed by atoms with E-state index in [1.807, 2.05) is 36.2 Å². The summed E-state index contributed by atoms with van der Waals surface area (Å²) in [7, 11) is -1.84. The maximum absolute atomic E-state index is 13.2. The number of hydrogen-bond acceptors (Lipinski definition) is 6. The summed E-state index contributed by atoms with van der Waals surface area (Å²) in [6.45, 7) is 1.01. The molecule has 2 aromatic rings. The van der Waals surface area contributed by atoms with Crippen molar-refractivity contribution in [3.63, 3.8) is 0 Å². The molecule has 0 saturated carbocycles. The van der Waals surface area contributed by atoms with Gasteiger partial charge in [-0.3, -0.25) is 19.5 Å². The fourth-order valence-electron chi connectivity index (χ4n) is 4.06. The van der Waals surface area contributed by atoms with Crippen LogP contribution in [0.1, 0.15) is 38.5 Å². The Kier molecular flexibility index (Phi) is 8.73. The third kappa shape index (κ3) is 7.46. The van der Waals surface area contributed by atoms with Crippen molar-refractivity contribution in [1.82, 2.24) is 19.9 Å². The van der Waals surface area contributed by atoms with E-state index in [9.17, 15) is 18.0 Å². The van der Waals surface area contributed by atoms with Crippen molar-refractivity contribution < 1.29 is 18.0 Å². The molecule has 2 heterocycles. The van der Waals surface area contributed by atoms with Gasteiger partial charge in [-0.2, -0.15) is 8.42 Å². The van der Waals surface area contributed by atoms with Gasteiger partial charge in [-0.25, -0.2) is 9.86 Å². The minimum absolute atomic E-state index is 0.166. The standard InChI is InChI=1S/C22H32N6O4S/c1-28-15-5-3-12-19(28)22(30)27-18(10-2-4-14-25-33(23,31)32)21(29)26-17-11-6-8-16-9-7-13-24-20(16)17/h6-9,11,13,18-19,25H,2-5,10,12,14-15H2,1H3,(H,26,29)(H,27,30)(H2,23,31,32). The highest BCUT2D eigenvalue weighted by Crippen LogP contribution is 2.21. The van der Waals surface area contributed by atoms with Crippen LogP contribution in [0.5, 0.6) is 0 Å². The van der Waals surface area contributed by atoms with Crippen LogP contribution in [0.15, 0.2) is 36.5 Å². The SMILES string of the molecule is CN1CCCCC1C(=O)NC(CCCCNS(N)(=O)=O)C(=O)Nc1cccc2cccnc12. The van der Waals surface area contributed by atoms with Gasteiger partial charge in [0.05, 0.1) is 17.2 Å². The highest BCUT2D eigenvalue weighted by molar-refractivity contribution is 7.87. The second-order valence-corrected chi connectivity index (χ2v) is 9.74. The number of fused-ring (bicyclic) bond motifs is 1. The largest absolute Gasteiger partial charge is 0.343 e. The van der Waals surface area contributed by atoms with Crippen molar-refractivity contribution in [1.29, 1.82) is 0 Å². The monoisotopic (exact) mass is 476 g/mol. The number of pyridine rings is 1. The molecule has 1 saturated heterocycles. The van der Waals surface area contributed by atoms with Crippen molar-refractivity contribution in [2.24, 2.45) is 5.14 Å². The average molecular weight is 477 g/mol. The summed E-state index contributed by atoms with van der Waals surface area (Å²) in [4.78, 5) is 32.5. The topological polar surface area (TPSA) is 147 Å². The molecule has 0 bridgehead atoms. The van der Waals surface area contributed by atoms with E-state index in [-0.39, 0.29) is 24.4 Å². The van der Waals surface area contributed by atoms with E-state index in [2.05, 4.69) is 20.3 Å². The van der Waals surface area contributed by atoms with Crippen LogP contribution in [0.4, 0.5) is 5.69 Å². The lowest BCUT2D eigenvalue weighted by atomic mass is 10.0. The van der Waals surface area contributed by atoms with E-state index >= 15 is 0 Å². The maximum atomic E-state index is 13.2. The summed E-state index contributed by atoms with van der Waals surface area (Å²) < 4.78 is 24.3. The number of piperidine rings is 1. The van der Waals surface area contributed by atoms with Gasteiger partial charge in [0.2, 0.25) is 11.8 Å². The lowest BCUT2D eigenvalue weighted by Crippen LogP contribution is -2.53. The Balaban J connectivity index is 1.69. The molecule has 0 aliphatic carbocycles. The summed E-state index contributed by atoms with van der Waals surface area (Å²) in [5.74, 6) is -0.504. The molecule has 1 aliphatic rings. The van der Waals surface area contributed by atoms with E-state index in [0.29, 0.717) is 30.5 Å². The molecule has 1 aromatic heterocycles. The lowest BCUT2D eigenvalue weighted by molar-refractivity contribution is -0.131. The second-order valence-electron chi connectivity index (χ2n) is 8.36. The number of aromatic nitrogens is 1. The van der Waals surface area contributed by atoms with Crippen LogP contribution < -0.4 is 20.5 Å². The Morgan fingerprint density at radius 2 is 2.00 bits per heavy atom. The van der Waals surface area contributed by atoms with Gasteiger partial charge in [0.1, 0.15) is 6.04 Å². The number of nitrogens with two attached hydrogens (primary N) is 1. The number of para-hydroxylation sites is 1. The molecule has 2 unspecified atom stereocenters. The van der Waals surface area contributed by atoms with E-state index < -0.39 is 16.3 Å². The highest BCUT2D eigenvalue weighted by Gasteiger charge is 2.29. The fraction of sp³-hybridized carbons (Fsp3) is 0.500. The Hall–Kier alpha value is -2.60. The number of likely N-dealkylation sites (N-methyl/N-ethyl adjacent to an activating group) is 1. The number of likely N-dealkylation sites (tertiary alicyclic amines) is 1. The van der Waals surface area contributed by atoms with E-state index in [1.54, 1.807) is 12.3 Å². The average Bonchev–Trinajstić information content (AvgIpc) is 2.77. The molecule has 33 heavy (non-hydrogen) atoms. The van der Waals surface area contributed by atoms with Crippen LogP contribution in [0.3, 0.4) is 0 Å². The summed E-state index contributed by atoms with van der Waals surface area (Å²) in [5, 5.41) is 11.7. The smallest absolute Gasteiger partial charge is 0.274 e. The van der Waals surface area contributed by atoms with Gasteiger partial charge in [0.15, 0.2) is 0 Å². The predicted molar refractivity (Wildman–Crippen MR) is 128 cm³/mol. The van der Waals surface area contributed by atoms with Crippen molar-refractivity contribution >= 4 is 38.6 Å². The summed E-state index contributed by atoms with van der Waals surface area (Å²) >= 11 is 0. The Morgan fingerprint density at radius 3 is 2.76 bits per heavy atom. The van der Waals surface area contributed by atoms with Gasteiger partial charge in [-0.05, 0) is 57.8 Å². The van der Waals surface area contributed by atoms with Gasteiger partial charge in [-0.15, -0.1) is 0 Å². The van der Waals surface area contributed by atoms with Gasteiger partial charge >= 0.3 is 0 Å². The maximum Gasteiger partial charge on any atom is 0.274 e. The Bertz CT molecular complexity index is 1070. The number of nitrogens with zero attached hydrogens (tertiary/aromatic N) is 2. The Morgan fingerprint density at radius 1 is 1.21 bits per heavy atom. The van der Waals surface area contributed by atoms with Gasteiger partial charge in [0, 0.05) is 18.1 Å². The minimum atomic E-state index is -3.75. The molecule has 5 N–H and O–H groups in total. The molecule has 1 fully saturated rings. The number of carbonyl (C=O) groups is 2. The molecule has 10 nitrogen and oxygen atoms in total. The number of benzene rings is 1. The third-order valence-corrected chi connectivity index (χ3v) is 6.43. The molecule has 1 aromatic carbocycles. The molecule has 11 heteroatoms. The molecule has 0 radical (unpaired) electrons. The van der Waals surface area contributed by atoms with Crippen LogP contribution in [0, 0.1) is 0 Å².